The van der Waals surface area contributed by atoms with E-state index in [0.29, 0.717) is 29.9 Å². The van der Waals surface area contributed by atoms with Gasteiger partial charge in [0, 0.05) is 18.8 Å². The second kappa shape index (κ2) is 7.86. The van der Waals surface area contributed by atoms with E-state index in [9.17, 15) is 9.59 Å². The predicted molar refractivity (Wildman–Crippen MR) is 106 cm³/mol. The molecule has 1 atom stereocenters. The van der Waals surface area contributed by atoms with Crippen LogP contribution in [0.2, 0.25) is 0 Å². The van der Waals surface area contributed by atoms with Crippen molar-refractivity contribution < 1.29 is 18.7 Å². The Morgan fingerprint density at radius 1 is 1.22 bits per heavy atom. The number of anilines is 1. The number of morpholine rings is 1. The van der Waals surface area contributed by atoms with E-state index in [0.717, 1.165) is 5.56 Å². The number of hydrogen-bond donors (Lipinski definition) is 1. The molecule has 1 aliphatic rings. The lowest BCUT2D eigenvalue weighted by atomic mass is 10.0. The van der Waals surface area contributed by atoms with E-state index in [2.05, 4.69) is 21.2 Å². The van der Waals surface area contributed by atoms with Gasteiger partial charge in [-0.2, -0.15) is 0 Å². The molecule has 3 rings (SSSR count). The molecule has 0 spiro atoms. The molecule has 1 aromatic heterocycles. The fourth-order valence-corrected chi connectivity index (χ4v) is 3.57. The second-order valence-electron chi connectivity index (χ2n) is 7.39. The van der Waals surface area contributed by atoms with E-state index in [1.54, 1.807) is 24.3 Å². The van der Waals surface area contributed by atoms with Crippen LogP contribution in [0.25, 0.3) is 0 Å². The van der Waals surface area contributed by atoms with Crippen LogP contribution in [-0.4, -0.2) is 41.5 Å². The summed E-state index contributed by atoms with van der Waals surface area (Å²) in [7, 11) is 0. The first-order chi connectivity index (χ1) is 12.7. The van der Waals surface area contributed by atoms with Crippen molar-refractivity contribution in [2.45, 2.75) is 38.9 Å². The van der Waals surface area contributed by atoms with Crippen molar-refractivity contribution in [2.24, 2.45) is 0 Å². The monoisotopic (exact) mass is 434 g/mol. The van der Waals surface area contributed by atoms with Gasteiger partial charge in [0.1, 0.15) is 0 Å². The third kappa shape index (κ3) is 5.20. The summed E-state index contributed by atoms with van der Waals surface area (Å²) in [5.74, 6) is -0.0188. The molecular weight excluding hydrogens is 412 g/mol. The molecule has 7 heteroatoms. The molecule has 6 nitrogen and oxygen atoms in total. The molecule has 2 amide bonds. The van der Waals surface area contributed by atoms with Gasteiger partial charge in [-0.25, -0.2) is 0 Å². The van der Waals surface area contributed by atoms with Crippen LogP contribution in [0, 0.1) is 0 Å². The Balaban J connectivity index is 1.59. The lowest BCUT2D eigenvalue weighted by molar-refractivity contribution is -0.157. The van der Waals surface area contributed by atoms with Crippen LogP contribution in [0.1, 0.15) is 36.9 Å². The number of amides is 2. The molecule has 27 heavy (non-hydrogen) atoms. The molecule has 2 aromatic rings. The number of hydrogen-bond acceptors (Lipinski definition) is 4. The molecule has 0 aliphatic carbocycles. The van der Waals surface area contributed by atoms with E-state index >= 15 is 0 Å². The summed E-state index contributed by atoms with van der Waals surface area (Å²) in [6.45, 7) is 7.17. The zero-order valence-corrected chi connectivity index (χ0v) is 17.2. The molecule has 1 fully saturated rings. The van der Waals surface area contributed by atoms with E-state index in [1.807, 2.05) is 37.8 Å². The van der Waals surface area contributed by atoms with E-state index in [1.165, 1.54) is 0 Å². The molecule has 0 bridgehead atoms. The quantitative estimate of drug-likeness (QED) is 0.792. The third-order valence-electron chi connectivity index (χ3n) is 4.29. The average molecular weight is 435 g/mol. The van der Waals surface area contributed by atoms with Gasteiger partial charge in [0.15, 0.2) is 10.4 Å². The second-order valence-corrected chi connectivity index (χ2v) is 8.18. The number of benzene rings is 1. The molecular formula is C20H23BrN2O4. The van der Waals surface area contributed by atoms with Gasteiger partial charge in [-0.3, -0.25) is 9.59 Å². The van der Waals surface area contributed by atoms with Crippen LogP contribution in [0.3, 0.4) is 0 Å². The first kappa shape index (κ1) is 19.6. The number of nitrogens with zero attached hydrogens (tertiary/aromatic N) is 1. The first-order valence-electron chi connectivity index (χ1n) is 8.83. The van der Waals surface area contributed by atoms with E-state index in [4.69, 9.17) is 9.15 Å². The van der Waals surface area contributed by atoms with Gasteiger partial charge >= 0.3 is 0 Å². The maximum Gasteiger partial charge on any atom is 0.291 e. The highest BCUT2D eigenvalue weighted by Crippen LogP contribution is 2.22. The van der Waals surface area contributed by atoms with Crippen LogP contribution in [0.5, 0.6) is 0 Å². The van der Waals surface area contributed by atoms with Gasteiger partial charge in [0.2, 0.25) is 5.91 Å². The van der Waals surface area contributed by atoms with Crippen LogP contribution >= 0.6 is 15.9 Å². The minimum Gasteiger partial charge on any atom is -0.444 e. The highest BCUT2D eigenvalue weighted by atomic mass is 79.9. The van der Waals surface area contributed by atoms with Gasteiger partial charge in [-0.1, -0.05) is 12.1 Å². The van der Waals surface area contributed by atoms with Crippen molar-refractivity contribution in [3.8, 4) is 0 Å². The predicted octanol–water partition coefficient (Wildman–Crippen LogP) is 3.86. The largest absolute Gasteiger partial charge is 0.444 e. The summed E-state index contributed by atoms with van der Waals surface area (Å²) >= 11 is 3.17. The number of carbonyl (C=O) groups is 2. The van der Waals surface area contributed by atoms with Crippen LogP contribution in [0.15, 0.2) is 45.5 Å². The Kier molecular flexibility index (Phi) is 5.72. The molecule has 1 N–H and O–H groups in total. The van der Waals surface area contributed by atoms with Gasteiger partial charge in [-0.05, 0) is 66.5 Å². The van der Waals surface area contributed by atoms with Gasteiger partial charge in [-0.15, -0.1) is 0 Å². The zero-order valence-electron chi connectivity index (χ0n) is 15.6. The highest BCUT2D eigenvalue weighted by Gasteiger charge is 2.33. The Hall–Kier alpha value is -2.12. The Bertz CT molecular complexity index is 829. The standard InChI is InChI=1S/C20H23BrN2O4/c1-13-11-23(12-20(2,3)27-13)18(24)10-14-4-6-15(7-5-14)22-19(25)16-8-9-17(21)26-16/h4-9,13H,10-12H2,1-3H3,(H,22,25)/t13-/m0/s1. The number of rotatable bonds is 4. The Morgan fingerprint density at radius 3 is 2.52 bits per heavy atom. The summed E-state index contributed by atoms with van der Waals surface area (Å²) in [6, 6.07) is 10.5. The fourth-order valence-electron chi connectivity index (χ4n) is 3.27. The van der Waals surface area contributed by atoms with Gasteiger partial charge in [0.25, 0.3) is 5.91 Å². The maximum atomic E-state index is 12.6. The number of carbonyl (C=O) groups excluding carboxylic acids is 2. The van der Waals surface area contributed by atoms with Gasteiger partial charge in [0.05, 0.1) is 18.1 Å². The van der Waals surface area contributed by atoms with Crippen LogP contribution in [0.4, 0.5) is 5.69 Å². The van der Waals surface area contributed by atoms with Crippen molar-refractivity contribution in [3.63, 3.8) is 0 Å². The van der Waals surface area contributed by atoms with Crippen molar-refractivity contribution in [1.29, 1.82) is 0 Å². The molecule has 2 heterocycles. The van der Waals surface area contributed by atoms with Crippen molar-refractivity contribution in [3.05, 3.63) is 52.4 Å². The summed E-state index contributed by atoms with van der Waals surface area (Å²) in [5.41, 5.74) is 1.21. The number of halogens is 1. The summed E-state index contributed by atoms with van der Waals surface area (Å²) in [5, 5.41) is 2.77. The van der Waals surface area contributed by atoms with Crippen molar-refractivity contribution in [1.82, 2.24) is 4.90 Å². The zero-order chi connectivity index (χ0) is 19.6. The van der Waals surface area contributed by atoms with Crippen LogP contribution in [-0.2, 0) is 16.0 Å². The minimum atomic E-state index is -0.331. The summed E-state index contributed by atoms with van der Waals surface area (Å²) in [4.78, 5) is 26.6. The number of furan rings is 1. The highest BCUT2D eigenvalue weighted by molar-refractivity contribution is 9.10. The molecule has 0 unspecified atom stereocenters. The Morgan fingerprint density at radius 2 is 1.93 bits per heavy atom. The molecule has 144 valence electrons. The molecule has 1 aromatic carbocycles. The smallest absolute Gasteiger partial charge is 0.291 e. The SMILES string of the molecule is C[C@H]1CN(C(=O)Cc2ccc(NC(=O)c3ccc(Br)o3)cc2)CC(C)(C)O1. The normalized spacial score (nSPS) is 19.0. The van der Waals surface area contributed by atoms with Crippen molar-refractivity contribution >= 4 is 33.4 Å². The van der Waals surface area contributed by atoms with E-state index in [-0.39, 0.29) is 29.3 Å². The minimum absolute atomic E-state index is 0.0249. The van der Waals surface area contributed by atoms with E-state index < -0.39 is 0 Å². The maximum absolute atomic E-state index is 12.6. The van der Waals surface area contributed by atoms with Crippen LogP contribution < -0.4 is 5.32 Å². The molecule has 0 saturated carbocycles. The molecule has 0 radical (unpaired) electrons. The average Bonchev–Trinajstić information content (AvgIpc) is 3.01. The summed E-state index contributed by atoms with van der Waals surface area (Å²) in [6.07, 6.45) is 0.347. The topological polar surface area (TPSA) is 71.8 Å². The third-order valence-corrected chi connectivity index (χ3v) is 4.71. The number of nitrogens with one attached hydrogen (secondary N) is 1. The number of ether oxygens (including phenoxy) is 1. The fraction of sp³-hybridized carbons (Fsp3) is 0.400. The summed E-state index contributed by atoms with van der Waals surface area (Å²) < 4.78 is 11.6. The lowest BCUT2D eigenvalue weighted by Crippen LogP contribution is -2.54. The van der Waals surface area contributed by atoms with Crippen molar-refractivity contribution in [2.75, 3.05) is 18.4 Å². The molecule has 1 saturated heterocycles. The molecule has 1 aliphatic heterocycles. The van der Waals surface area contributed by atoms with Gasteiger partial charge < -0.3 is 19.4 Å². The Labute approximate surface area is 167 Å². The first-order valence-corrected chi connectivity index (χ1v) is 9.62. The lowest BCUT2D eigenvalue weighted by Gasteiger charge is -2.41.